The van der Waals surface area contributed by atoms with Gasteiger partial charge in [0.05, 0.1) is 17.3 Å². The molecular formula is C26H21F2N3O2. The summed E-state index contributed by atoms with van der Waals surface area (Å²) < 4.78 is 34.3. The molecule has 0 saturated heterocycles. The number of fused-ring (bicyclic) bond motifs is 1. The number of benzene rings is 3. The fourth-order valence-corrected chi connectivity index (χ4v) is 4.06. The molecule has 0 N–H and O–H groups in total. The molecule has 1 amide bonds. The van der Waals surface area contributed by atoms with E-state index in [0.717, 1.165) is 22.3 Å². The maximum Gasteiger partial charge on any atom is 0.267 e. The molecule has 0 fully saturated rings. The van der Waals surface area contributed by atoms with Crippen molar-refractivity contribution in [3.63, 3.8) is 0 Å². The largest absolute Gasteiger partial charge is 0.456 e. The minimum absolute atomic E-state index is 0.0538. The molecule has 0 unspecified atom stereocenters. The van der Waals surface area contributed by atoms with Crippen molar-refractivity contribution < 1.29 is 18.3 Å². The predicted octanol–water partition coefficient (Wildman–Crippen LogP) is 5.97. The molecule has 1 aromatic heterocycles. The smallest absolute Gasteiger partial charge is 0.267 e. The first-order valence-electron chi connectivity index (χ1n) is 10.5. The number of carbonyl (C=O) groups is 1. The second-order valence-electron chi connectivity index (χ2n) is 7.99. The van der Waals surface area contributed by atoms with Crippen LogP contribution in [0, 0.1) is 0 Å². The van der Waals surface area contributed by atoms with Gasteiger partial charge in [0.25, 0.3) is 12.3 Å². The average molecular weight is 445 g/mol. The Kier molecular flexibility index (Phi) is 5.38. The predicted molar refractivity (Wildman–Crippen MR) is 120 cm³/mol. The Hall–Kier alpha value is -4.00. The van der Waals surface area contributed by atoms with Crippen LogP contribution >= 0.6 is 0 Å². The van der Waals surface area contributed by atoms with E-state index >= 15 is 0 Å². The number of amides is 1. The van der Waals surface area contributed by atoms with E-state index in [2.05, 4.69) is 5.10 Å². The Balaban J connectivity index is 1.35. The van der Waals surface area contributed by atoms with Gasteiger partial charge in [-0.3, -0.25) is 9.48 Å². The number of alkyl halides is 2. The maximum absolute atomic E-state index is 13.4. The molecule has 0 atom stereocenters. The third kappa shape index (κ3) is 4.09. The van der Waals surface area contributed by atoms with Gasteiger partial charge in [0.1, 0.15) is 11.5 Å². The van der Waals surface area contributed by atoms with Gasteiger partial charge in [-0.25, -0.2) is 8.78 Å². The van der Waals surface area contributed by atoms with Gasteiger partial charge in [-0.05, 0) is 34.9 Å². The lowest BCUT2D eigenvalue weighted by atomic mass is 10.1. The minimum atomic E-state index is -2.67. The van der Waals surface area contributed by atoms with Gasteiger partial charge < -0.3 is 9.64 Å². The number of carbonyl (C=O) groups excluding carboxylic acids is 1. The average Bonchev–Trinajstić information content (AvgIpc) is 3.38. The first-order valence-corrected chi connectivity index (χ1v) is 10.5. The van der Waals surface area contributed by atoms with Crippen LogP contribution < -0.4 is 4.74 Å². The van der Waals surface area contributed by atoms with Crippen LogP contribution in [0.4, 0.5) is 8.78 Å². The fourth-order valence-electron chi connectivity index (χ4n) is 4.06. The summed E-state index contributed by atoms with van der Waals surface area (Å²) in [5, 5.41) is 4.20. The Labute approximate surface area is 189 Å². The molecule has 0 spiro atoms. The molecule has 33 heavy (non-hydrogen) atoms. The second-order valence-corrected chi connectivity index (χ2v) is 7.99. The molecule has 0 saturated carbocycles. The number of aromatic nitrogens is 2. The van der Waals surface area contributed by atoms with E-state index in [-0.39, 0.29) is 17.2 Å². The number of para-hydroxylation sites is 1. The number of ether oxygens (including phenoxy) is 1. The van der Waals surface area contributed by atoms with E-state index in [1.165, 1.54) is 18.2 Å². The summed E-state index contributed by atoms with van der Waals surface area (Å²) in [5.74, 6) is 0.171. The molecule has 5 nitrogen and oxygen atoms in total. The Morgan fingerprint density at radius 2 is 1.73 bits per heavy atom. The van der Waals surface area contributed by atoms with Crippen molar-refractivity contribution in [1.29, 1.82) is 0 Å². The molecule has 166 valence electrons. The highest BCUT2D eigenvalue weighted by atomic mass is 19.3. The van der Waals surface area contributed by atoms with Crippen LogP contribution in [0.2, 0.25) is 0 Å². The molecule has 4 aromatic rings. The van der Waals surface area contributed by atoms with Crippen molar-refractivity contribution in [2.75, 3.05) is 0 Å². The summed E-state index contributed by atoms with van der Waals surface area (Å²) in [6, 6.07) is 19.3. The van der Waals surface area contributed by atoms with E-state index in [1.807, 2.05) is 49.8 Å². The standard InChI is InChI=1S/C26H21F2N3O2/c1-30-15-20(13-29-30)18-11-9-17(10-12-18)14-31-16-19-5-4-8-23(24(19)26(31)32)33-22-7-3-2-6-21(22)25(27)28/h2-13,15,25H,14,16H2,1H3. The quantitative estimate of drug-likeness (QED) is 0.367. The third-order valence-electron chi connectivity index (χ3n) is 5.71. The van der Waals surface area contributed by atoms with Crippen LogP contribution in [-0.4, -0.2) is 20.6 Å². The lowest BCUT2D eigenvalue weighted by molar-refractivity contribution is 0.0765. The Morgan fingerprint density at radius 1 is 0.970 bits per heavy atom. The summed E-state index contributed by atoms with van der Waals surface area (Å²) in [6.45, 7) is 0.875. The molecule has 3 aromatic carbocycles. The van der Waals surface area contributed by atoms with Crippen molar-refractivity contribution in [1.82, 2.24) is 14.7 Å². The molecule has 1 aliphatic heterocycles. The Morgan fingerprint density at radius 3 is 2.45 bits per heavy atom. The molecule has 2 heterocycles. The van der Waals surface area contributed by atoms with Crippen LogP contribution in [-0.2, 0) is 20.1 Å². The van der Waals surface area contributed by atoms with E-state index < -0.39 is 6.43 Å². The monoisotopic (exact) mass is 445 g/mol. The van der Waals surface area contributed by atoms with Crippen LogP contribution in [0.15, 0.2) is 79.1 Å². The second kappa shape index (κ2) is 8.50. The van der Waals surface area contributed by atoms with Crippen LogP contribution in [0.1, 0.15) is 33.5 Å². The lowest BCUT2D eigenvalue weighted by Gasteiger charge is -2.16. The van der Waals surface area contributed by atoms with E-state index in [9.17, 15) is 13.6 Å². The highest BCUT2D eigenvalue weighted by Gasteiger charge is 2.31. The summed E-state index contributed by atoms with van der Waals surface area (Å²) in [7, 11) is 1.87. The molecule has 7 heteroatoms. The SMILES string of the molecule is Cn1cc(-c2ccc(CN3Cc4cccc(Oc5ccccc5C(F)F)c4C3=O)cc2)cn1. The number of hydrogen-bond acceptors (Lipinski definition) is 3. The number of halogens is 2. The highest BCUT2D eigenvalue weighted by molar-refractivity contribution is 6.01. The molecule has 0 bridgehead atoms. The van der Waals surface area contributed by atoms with Gasteiger partial charge in [-0.2, -0.15) is 5.10 Å². The van der Waals surface area contributed by atoms with E-state index in [0.29, 0.717) is 24.4 Å². The summed E-state index contributed by atoms with van der Waals surface area (Å²) in [5.41, 5.74) is 4.11. The molecule has 5 rings (SSSR count). The van der Waals surface area contributed by atoms with E-state index in [4.69, 9.17) is 4.74 Å². The number of aryl methyl sites for hydroxylation is 1. The fraction of sp³-hybridized carbons (Fsp3) is 0.154. The lowest BCUT2D eigenvalue weighted by Crippen LogP contribution is -2.23. The zero-order chi connectivity index (χ0) is 22.9. The van der Waals surface area contributed by atoms with Crippen molar-refractivity contribution in [2.24, 2.45) is 7.05 Å². The molecule has 0 radical (unpaired) electrons. The van der Waals surface area contributed by atoms with Crippen LogP contribution in [0.5, 0.6) is 11.5 Å². The number of hydrogen-bond donors (Lipinski definition) is 0. The van der Waals surface area contributed by atoms with Crippen molar-refractivity contribution in [3.05, 3.63) is 101 Å². The summed E-state index contributed by atoms with van der Waals surface area (Å²) in [6.07, 6.45) is 1.09. The maximum atomic E-state index is 13.4. The van der Waals surface area contributed by atoms with Crippen LogP contribution in [0.3, 0.4) is 0 Å². The van der Waals surface area contributed by atoms with Gasteiger partial charge in [0.15, 0.2) is 0 Å². The van der Waals surface area contributed by atoms with Gasteiger partial charge >= 0.3 is 0 Å². The minimum Gasteiger partial charge on any atom is -0.456 e. The van der Waals surface area contributed by atoms with Gasteiger partial charge in [-0.15, -0.1) is 0 Å². The van der Waals surface area contributed by atoms with Gasteiger partial charge in [-0.1, -0.05) is 48.5 Å². The summed E-state index contributed by atoms with van der Waals surface area (Å²) >= 11 is 0. The van der Waals surface area contributed by atoms with Gasteiger partial charge in [0, 0.05) is 31.9 Å². The van der Waals surface area contributed by atoms with E-state index in [1.54, 1.807) is 27.8 Å². The van der Waals surface area contributed by atoms with Gasteiger partial charge in [0.2, 0.25) is 0 Å². The van der Waals surface area contributed by atoms with Crippen molar-refractivity contribution >= 4 is 5.91 Å². The first kappa shape index (κ1) is 20.9. The highest BCUT2D eigenvalue weighted by Crippen LogP contribution is 2.37. The zero-order valence-electron chi connectivity index (χ0n) is 17.9. The molecule has 0 aliphatic carbocycles. The van der Waals surface area contributed by atoms with Crippen molar-refractivity contribution in [2.45, 2.75) is 19.5 Å². The van der Waals surface area contributed by atoms with Crippen molar-refractivity contribution in [3.8, 4) is 22.6 Å². The molecular weight excluding hydrogens is 424 g/mol. The Bertz CT molecular complexity index is 1320. The summed E-state index contributed by atoms with van der Waals surface area (Å²) in [4.78, 5) is 14.9. The first-order chi connectivity index (χ1) is 16.0. The number of nitrogens with zero attached hydrogens (tertiary/aromatic N) is 3. The normalized spacial score (nSPS) is 13.0. The van der Waals surface area contributed by atoms with Crippen LogP contribution in [0.25, 0.3) is 11.1 Å². The third-order valence-corrected chi connectivity index (χ3v) is 5.71. The topological polar surface area (TPSA) is 47.4 Å². The zero-order valence-corrected chi connectivity index (χ0v) is 17.9. The number of rotatable bonds is 6. The molecule has 1 aliphatic rings.